The molecule has 4 aromatic rings. The number of rotatable bonds is 0. The average Bonchev–Trinajstić information content (AvgIpc) is 2.72. The van der Waals surface area contributed by atoms with Crippen molar-refractivity contribution in [3.05, 3.63) is 48.3 Å². The Balaban J connectivity index is 2.34. The van der Waals surface area contributed by atoms with E-state index in [0.29, 0.717) is 5.75 Å². The van der Waals surface area contributed by atoms with Crippen molar-refractivity contribution in [2.45, 2.75) is 6.92 Å². The number of aryl methyl sites for hydroxylation is 2. The second-order valence-electron chi connectivity index (χ2n) is 5.26. The monoisotopic (exact) mass is 262 g/mol. The van der Waals surface area contributed by atoms with Gasteiger partial charge in [0, 0.05) is 41.7 Å². The Labute approximate surface area is 116 Å². The molecule has 98 valence electrons. The van der Waals surface area contributed by atoms with Gasteiger partial charge in [-0.1, -0.05) is 0 Å². The molecule has 4 rings (SSSR count). The number of aromatic hydroxyl groups is 1. The summed E-state index contributed by atoms with van der Waals surface area (Å²) in [7, 11) is 2.05. The van der Waals surface area contributed by atoms with E-state index in [-0.39, 0.29) is 0 Å². The van der Waals surface area contributed by atoms with E-state index >= 15 is 0 Å². The van der Waals surface area contributed by atoms with Crippen molar-refractivity contribution in [3.63, 3.8) is 0 Å². The number of hydrogen-bond acceptors (Lipinski definition) is 2. The van der Waals surface area contributed by atoms with Crippen LogP contribution in [0.3, 0.4) is 0 Å². The molecule has 0 radical (unpaired) electrons. The Hall–Kier alpha value is -2.55. The van der Waals surface area contributed by atoms with Crippen LogP contribution in [0.2, 0.25) is 0 Å². The van der Waals surface area contributed by atoms with Crippen molar-refractivity contribution in [2.75, 3.05) is 0 Å². The fraction of sp³-hybridized carbons (Fsp3) is 0.118. The molecule has 2 aromatic heterocycles. The highest BCUT2D eigenvalue weighted by Gasteiger charge is 2.13. The third-order valence-electron chi connectivity index (χ3n) is 4.13. The lowest BCUT2D eigenvalue weighted by Crippen LogP contribution is -1.90. The van der Waals surface area contributed by atoms with E-state index < -0.39 is 0 Å². The van der Waals surface area contributed by atoms with Crippen LogP contribution in [0.5, 0.6) is 5.75 Å². The Kier molecular flexibility index (Phi) is 2.11. The third-order valence-corrected chi connectivity index (χ3v) is 4.13. The van der Waals surface area contributed by atoms with Crippen LogP contribution < -0.4 is 0 Å². The van der Waals surface area contributed by atoms with Crippen molar-refractivity contribution in [1.29, 1.82) is 0 Å². The number of phenolic OH excluding ortho intramolecular Hbond substituents is 1. The van der Waals surface area contributed by atoms with Crippen molar-refractivity contribution < 1.29 is 5.11 Å². The summed E-state index contributed by atoms with van der Waals surface area (Å²) in [6.07, 6.45) is 3.73. The second kappa shape index (κ2) is 3.73. The Bertz CT molecular complexity index is 983. The van der Waals surface area contributed by atoms with E-state index in [2.05, 4.69) is 28.6 Å². The summed E-state index contributed by atoms with van der Waals surface area (Å²) < 4.78 is 2.15. The summed E-state index contributed by atoms with van der Waals surface area (Å²) in [5.74, 6) is 0.298. The first-order valence-corrected chi connectivity index (χ1v) is 6.61. The molecule has 0 bridgehead atoms. The molecule has 0 amide bonds. The number of fused-ring (bicyclic) bond motifs is 4. The number of phenols is 1. The zero-order chi connectivity index (χ0) is 13.9. The Morgan fingerprint density at radius 1 is 1.05 bits per heavy atom. The maximum absolute atomic E-state index is 9.71. The number of benzene rings is 2. The van der Waals surface area contributed by atoms with Gasteiger partial charge in [-0.25, -0.2) is 0 Å². The van der Waals surface area contributed by atoms with Crippen LogP contribution in [0.1, 0.15) is 5.56 Å². The highest BCUT2D eigenvalue weighted by atomic mass is 16.3. The Morgan fingerprint density at radius 3 is 2.75 bits per heavy atom. The average molecular weight is 262 g/mol. The second-order valence-corrected chi connectivity index (χ2v) is 5.26. The molecular formula is C17H14N2O. The van der Waals surface area contributed by atoms with Crippen LogP contribution in [0.25, 0.3) is 32.6 Å². The predicted molar refractivity (Wildman–Crippen MR) is 82.1 cm³/mol. The first-order valence-electron chi connectivity index (χ1n) is 6.61. The molecule has 20 heavy (non-hydrogen) atoms. The van der Waals surface area contributed by atoms with E-state index in [4.69, 9.17) is 0 Å². The molecule has 0 aliphatic carbocycles. The fourth-order valence-corrected chi connectivity index (χ4v) is 3.20. The molecule has 0 saturated carbocycles. The van der Waals surface area contributed by atoms with Crippen LogP contribution in [-0.4, -0.2) is 14.7 Å². The summed E-state index contributed by atoms with van der Waals surface area (Å²) in [5.41, 5.74) is 3.51. The molecule has 0 spiro atoms. The number of aromatic nitrogens is 2. The quantitative estimate of drug-likeness (QED) is 0.522. The minimum atomic E-state index is 0.298. The maximum Gasteiger partial charge on any atom is 0.117 e. The van der Waals surface area contributed by atoms with Crippen LogP contribution in [0.15, 0.2) is 42.7 Å². The molecule has 1 N–H and O–H groups in total. The van der Waals surface area contributed by atoms with Crippen LogP contribution in [0.4, 0.5) is 0 Å². The molecule has 0 aliphatic rings. The van der Waals surface area contributed by atoms with Gasteiger partial charge >= 0.3 is 0 Å². The molecule has 3 heteroatoms. The van der Waals surface area contributed by atoms with Gasteiger partial charge in [-0.15, -0.1) is 0 Å². The van der Waals surface area contributed by atoms with Gasteiger partial charge in [0.1, 0.15) is 5.75 Å². The van der Waals surface area contributed by atoms with Gasteiger partial charge in [-0.2, -0.15) is 0 Å². The van der Waals surface area contributed by atoms with E-state index in [1.807, 2.05) is 31.6 Å². The molecule has 0 unspecified atom stereocenters. The highest BCUT2D eigenvalue weighted by molar-refractivity contribution is 6.14. The Morgan fingerprint density at radius 2 is 1.90 bits per heavy atom. The topological polar surface area (TPSA) is 38.1 Å². The summed E-state index contributed by atoms with van der Waals surface area (Å²) in [4.78, 5) is 4.21. The molecule has 2 aromatic carbocycles. The van der Waals surface area contributed by atoms with Crippen LogP contribution in [0, 0.1) is 6.92 Å². The maximum atomic E-state index is 9.71. The van der Waals surface area contributed by atoms with Crippen molar-refractivity contribution in [2.24, 2.45) is 7.05 Å². The number of nitrogens with zero attached hydrogens (tertiary/aromatic N) is 2. The van der Waals surface area contributed by atoms with Gasteiger partial charge < -0.3 is 9.67 Å². The van der Waals surface area contributed by atoms with Crippen molar-refractivity contribution in [3.8, 4) is 5.75 Å². The lowest BCUT2D eigenvalue weighted by molar-refractivity contribution is 0.476. The van der Waals surface area contributed by atoms with Gasteiger partial charge in [-0.05, 0) is 42.1 Å². The lowest BCUT2D eigenvalue weighted by Gasteiger charge is -2.06. The first-order chi connectivity index (χ1) is 9.66. The number of hydrogen-bond donors (Lipinski definition) is 1. The molecule has 3 nitrogen and oxygen atoms in total. The third kappa shape index (κ3) is 1.32. The SMILES string of the molecule is Cc1c2ccncc2cc2c3ccc(O)cc3n(C)c12. The zero-order valence-corrected chi connectivity index (χ0v) is 11.4. The number of pyridine rings is 1. The summed E-state index contributed by atoms with van der Waals surface area (Å²) in [5, 5.41) is 14.5. The molecular weight excluding hydrogens is 248 g/mol. The van der Waals surface area contributed by atoms with E-state index in [1.165, 1.54) is 21.9 Å². The molecule has 0 fully saturated rings. The minimum Gasteiger partial charge on any atom is -0.508 e. The first kappa shape index (κ1) is 11.3. The largest absolute Gasteiger partial charge is 0.508 e. The van der Waals surface area contributed by atoms with Gasteiger partial charge in [0.2, 0.25) is 0 Å². The highest BCUT2D eigenvalue weighted by Crippen LogP contribution is 2.35. The van der Waals surface area contributed by atoms with E-state index in [9.17, 15) is 5.11 Å². The van der Waals surface area contributed by atoms with Gasteiger partial charge in [0.15, 0.2) is 0 Å². The van der Waals surface area contributed by atoms with Gasteiger partial charge in [-0.3, -0.25) is 4.98 Å². The smallest absolute Gasteiger partial charge is 0.117 e. The summed E-state index contributed by atoms with van der Waals surface area (Å²) in [6, 6.07) is 9.78. The van der Waals surface area contributed by atoms with Gasteiger partial charge in [0.25, 0.3) is 0 Å². The summed E-state index contributed by atoms with van der Waals surface area (Å²) >= 11 is 0. The lowest BCUT2D eigenvalue weighted by atomic mass is 10.0. The normalized spacial score (nSPS) is 11.7. The van der Waals surface area contributed by atoms with E-state index in [0.717, 1.165) is 16.3 Å². The zero-order valence-electron chi connectivity index (χ0n) is 11.4. The van der Waals surface area contributed by atoms with Crippen molar-refractivity contribution >= 4 is 32.6 Å². The van der Waals surface area contributed by atoms with Crippen LogP contribution >= 0.6 is 0 Å². The van der Waals surface area contributed by atoms with Crippen molar-refractivity contribution in [1.82, 2.24) is 9.55 Å². The summed E-state index contributed by atoms with van der Waals surface area (Å²) in [6.45, 7) is 2.14. The fourth-order valence-electron chi connectivity index (χ4n) is 3.20. The van der Waals surface area contributed by atoms with Gasteiger partial charge in [0.05, 0.1) is 11.0 Å². The predicted octanol–water partition coefficient (Wildman–Crippen LogP) is 3.89. The van der Waals surface area contributed by atoms with E-state index in [1.54, 1.807) is 6.07 Å². The molecule has 2 heterocycles. The molecule has 0 atom stereocenters. The van der Waals surface area contributed by atoms with Crippen LogP contribution in [-0.2, 0) is 7.05 Å². The standard InChI is InChI=1S/C17H14N2O/c1-10-13-5-6-18-9-11(13)7-15-14-4-3-12(20)8-16(14)19(2)17(10)15/h3-9,20H,1-2H3. The minimum absolute atomic E-state index is 0.298. The molecule has 0 saturated heterocycles. The molecule has 0 aliphatic heterocycles.